The molecule has 1 fully saturated rings. The molecule has 1 aliphatic rings. The van der Waals surface area contributed by atoms with E-state index in [-0.39, 0.29) is 43.6 Å². The number of piperazine rings is 1. The molecule has 1 aromatic heterocycles. The molecule has 210 valence electrons. The van der Waals surface area contributed by atoms with E-state index in [1.54, 1.807) is 17.9 Å². The second-order valence-corrected chi connectivity index (χ2v) is 12.7. The molecule has 4 rings (SSSR count). The number of thiazole rings is 1. The molecule has 0 saturated carbocycles. The minimum absolute atomic E-state index is 0.0922. The number of carbonyl (C=O) groups excluding carboxylic acids is 2. The monoisotopic (exact) mass is 593 g/mol. The van der Waals surface area contributed by atoms with E-state index in [1.807, 2.05) is 31.1 Å². The zero-order chi connectivity index (χ0) is 28.2. The van der Waals surface area contributed by atoms with E-state index in [9.17, 15) is 18.0 Å². The van der Waals surface area contributed by atoms with Gasteiger partial charge < -0.3 is 14.5 Å². The Kier molecular flexibility index (Phi) is 9.44. The van der Waals surface area contributed by atoms with Crippen LogP contribution in [0.4, 0.5) is 9.93 Å². The fourth-order valence-corrected chi connectivity index (χ4v) is 6.96. The highest BCUT2D eigenvalue weighted by Crippen LogP contribution is 2.33. The van der Waals surface area contributed by atoms with Gasteiger partial charge in [0.05, 0.1) is 21.2 Å². The van der Waals surface area contributed by atoms with Crippen molar-refractivity contribution in [3.63, 3.8) is 0 Å². The first-order valence-corrected chi connectivity index (χ1v) is 15.3. The Morgan fingerprint density at radius 2 is 1.74 bits per heavy atom. The van der Waals surface area contributed by atoms with Gasteiger partial charge in [0.2, 0.25) is 10.0 Å². The number of anilines is 1. The molecule has 0 bridgehead atoms. The van der Waals surface area contributed by atoms with Gasteiger partial charge in [-0.05, 0) is 70.4 Å². The number of para-hydroxylation sites is 1. The number of nitrogens with zero attached hydrogens (tertiary/aromatic N) is 5. The van der Waals surface area contributed by atoms with E-state index in [0.29, 0.717) is 27.8 Å². The highest BCUT2D eigenvalue weighted by atomic mass is 35.5. The number of carbonyl (C=O) groups is 2. The minimum atomic E-state index is -3.78. The van der Waals surface area contributed by atoms with E-state index < -0.39 is 16.1 Å². The van der Waals surface area contributed by atoms with Gasteiger partial charge in [-0.1, -0.05) is 29.0 Å². The van der Waals surface area contributed by atoms with E-state index in [2.05, 4.69) is 4.98 Å². The lowest BCUT2D eigenvalue weighted by molar-refractivity contribution is 0.0933. The third-order valence-corrected chi connectivity index (χ3v) is 9.59. The Labute approximate surface area is 237 Å². The van der Waals surface area contributed by atoms with Gasteiger partial charge in [0.25, 0.3) is 5.91 Å². The van der Waals surface area contributed by atoms with Gasteiger partial charge in [0.15, 0.2) is 5.13 Å². The molecule has 0 radical (unpaired) electrons. The fraction of sp³-hybridized carbons (Fsp3) is 0.423. The predicted molar refractivity (Wildman–Crippen MR) is 153 cm³/mol. The number of ether oxygens (including phenoxy) is 1. The fourth-order valence-electron chi connectivity index (χ4n) is 4.25. The van der Waals surface area contributed by atoms with Crippen LogP contribution < -0.4 is 4.90 Å². The van der Waals surface area contributed by atoms with Gasteiger partial charge in [-0.2, -0.15) is 4.31 Å². The van der Waals surface area contributed by atoms with Crippen molar-refractivity contribution in [1.29, 1.82) is 0 Å². The Morgan fingerprint density at radius 3 is 2.36 bits per heavy atom. The first-order valence-electron chi connectivity index (χ1n) is 12.7. The van der Waals surface area contributed by atoms with Crippen molar-refractivity contribution >= 4 is 60.3 Å². The zero-order valence-electron chi connectivity index (χ0n) is 22.2. The van der Waals surface area contributed by atoms with Crippen LogP contribution in [0.3, 0.4) is 0 Å². The summed E-state index contributed by atoms with van der Waals surface area (Å²) in [5.41, 5.74) is 1.00. The van der Waals surface area contributed by atoms with Gasteiger partial charge in [0.1, 0.15) is 5.52 Å². The second-order valence-electron chi connectivity index (χ2n) is 9.31. The van der Waals surface area contributed by atoms with Crippen LogP contribution in [0.5, 0.6) is 0 Å². The summed E-state index contributed by atoms with van der Waals surface area (Å²) in [4.78, 5) is 35.5. The van der Waals surface area contributed by atoms with Crippen molar-refractivity contribution in [2.75, 3.05) is 64.9 Å². The molecule has 0 spiro atoms. The first-order chi connectivity index (χ1) is 18.6. The average Bonchev–Trinajstić information content (AvgIpc) is 3.36. The molecule has 2 aromatic carbocycles. The van der Waals surface area contributed by atoms with Crippen molar-refractivity contribution in [3.8, 4) is 0 Å². The Bertz CT molecular complexity index is 1420. The number of benzene rings is 2. The molecule has 0 atom stereocenters. The number of halogens is 1. The van der Waals surface area contributed by atoms with Crippen molar-refractivity contribution in [3.05, 3.63) is 53.1 Å². The largest absolute Gasteiger partial charge is 0.450 e. The molecular weight excluding hydrogens is 562 g/mol. The predicted octanol–water partition coefficient (Wildman–Crippen LogP) is 4.01. The maximum atomic E-state index is 13.6. The van der Waals surface area contributed by atoms with E-state index in [0.717, 1.165) is 17.7 Å². The first kappa shape index (κ1) is 29.2. The summed E-state index contributed by atoms with van der Waals surface area (Å²) in [5.74, 6) is -0.268. The molecule has 1 saturated heterocycles. The van der Waals surface area contributed by atoms with Gasteiger partial charge >= 0.3 is 6.09 Å². The quantitative estimate of drug-likeness (QED) is 0.369. The SMILES string of the molecule is CCOC(=O)N1CCN(S(=O)(=O)c2ccc(C(=O)N(CCCN(C)C)c3nc4c(Cl)cccc4s3)cc2)CC1. The molecule has 3 aromatic rings. The topological polar surface area (TPSA) is 103 Å². The third kappa shape index (κ3) is 6.69. The molecule has 0 unspecified atom stereocenters. The Morgan fingerprint density at radius 1 is 1.05 bits per heavy atom. The standard InChI is InChI=1S/C26H32ClN5O5S2/c1-4-37-26(34)30-15-17-31(18-16-30)39(35,36)20-11-9-19(10-12-20)24(33)32(14-6-13-29(2)3)25-28-23-21(27)7-5-8-22(23)38-25/h5,7-12H,4,6,13-18H2,1-3H3. The van der Waals surface area contributed by atoms with E-state index in [4.69, 9.17) is 16.3 Å². The van der Waals surface area contributed by atoms with Crippen LogP contribution in [0, 0.1) is 0 Å². The van der Waals surface area contributed by atoms with Crippen LogP contribution in [0.1, 0.15) is 23.7 Å². The van der Waals surface area contributed by atoms with Gasteiger partial charge in [-0.3, -0.25) is 9.69 Å². The lowest BCUT2D eigenvalue weighted by Crippen LogP contribution is -2.50. The summed E-state index contributed by atoms with van der Waals surface area (Å²) in [6, 6.07) is 11.5. The molecular formula is C26H32ClN5O5S2. The van der Waals surface area contributed by atoms with E-state index >= 15 is 0 Å². The lowest BCUT2D eigenvalue weighted by atomic mass is 10.2. The molecule has 10 nitrogen and oxygen atoms in total. The van der Waals surface area contributed by atoms with Crippen LogP contribution in [0.2, 0.25) is 5.02 Å². The maximum absolute atomic E-state index is 13.6. The van der Waals surface area contributed by atoms with Crippen LogP contribution in [-0.2, 0) is 14.8 Å². The molecule has 13 heteroatoms. The lowest BCUT2D eigenvalue weighted by Gasteiger charge is -2.33. The Hall–Kier alpha value is -2.77. The molecule has 0 N–H and O–H groups in total. The van der Waals surface area contributed by atoms with Crippen LogP contribution in [-0.4, -0.2) is 99.5 Å². The number of hydrogen-bond donors (Lipinski definition) is 0. The number of aromatic nitrogens is 1. The maximum Gasteiger partial charge on any atom is 0.409 e. The summed E-state index contributed by atoms with van der Waals surface area (Å²) in [6.45, 7) is 4.07. The van der Waals surface area contributed by atoms with Crippen LogP contribution >= 0.6 is 22.9 Å². The summed E-state index contributed by atoms with van der Waals surface area (Å²) < 4.78 is 33.7. The van der Waals surface area contributed by atoms with Crippen LogP contribution in [0.15, 0.2) is 47.4 Å². The number of sulfonamides is 1. The highest BCUT2D eigenvalue weighted by molar-refractivity contribution is 7.89. The number of hydrogen-bond acceptors (Lipinski definition) is 8. The smallest absolute Gasteiger partial charge is 0.409 e. The van der Waals surface area contributed by atoms with E-state index in [1.165, 1.54) is 44.8 Å². The number of amides is 2. The zero-order valence-corrected chi connectivity index (χ0v) is 24.6. The molecule has 2 heterocycles. The van der Waals surface area contributed by atoms with Gasteiger partial charge in [-0.15, -0.1) is 0 Å². The summed E-state index contributed by atoms with van der Waals surface area (Å²) >= 11 is 7.72. The Balaban J connectivity index is 1.52. The van der Waals surface area contributed by atoms with Crippen molar-refractivity contribution < 1.29 is 22.7 Å². The summed E-state index contributed by atoms with van der Waals surface area (Å²) in [5, 5.41) is 1.06. The molecule has 39 heavy (non-hydrogen) atoms. The van der Waals surface area contributed by atoms with Crippen molar-refractivity contribution in [2.45, 2.75) is 18.2 Å². The number of rotatable bonds is 9. The highest BCUT2D eigenvalue weighted by Gasteiger charge is 2.31. The van der Waals surface area contributed by atoms with Crippen molar-refractivity contribution in [2.24, 2.45) is 0 Å². The van der Waals surface area contributed by atoms with Gasteiger partial charge in [-0.25, -0.2) is 18.2 Å². The number of fused-ring (bicyclic) bond motifs is 1. The average molecular weight is 594 g/mol. The molecule has 1 aliphatic heterocycles. The second kappa shape index (κ2) is 12.6. The van der Waals surface area contributed by atoms with Gasteiger partial charge in [0, 0.05) is 38.3 Å². The van der Waals surface area contributed by atoms with Crippen LogP contribution in [0.25, 0.3) is 10.2 Å². The summed E-state index contributed by atoms with van der Waals surface area (Å²) in [7, 11) is 0.158. The minimum Gasteiger partial charge on any atom is -0.450 e. The molecule has 2 amide bonds. The molecule has 0 aliphatic carbocycles. The summed E-state index contributed by atoms with van der Waals surface area (Å²) in [6.07, 6.45) is 0.287. The normalized spacial score (nSPS) is 14.6. The van der Waals surface area contributed by atoms with Crippen molar-refractivity contribution in [1.82, 2.24) is 19.1 Å². The third-order valence-electron chi connectivity index (χ3n) is 6.33.